The highest BCUT2D eigenvalue weighted by Gasteiger charge is 2.19. The Hall–Kier alpha value is -4.13. The summed E-state index contributed by atoms with van der Waals surface area (Å²) in [5, 5.41) is 0. The van der Waals surface area contributed by atoms with Crippen molar-refractivity contribution in [2.24, 2.45) is 0 Å². The van der Waals surface area contributed by atoms with Gasteiger partial charge in [-0.3, -0.25) is 20.4 Å². The minimum Gasteiger partial charge on any atom is -0.466 e. The Morgan fingerprint density at radius 2 is 1.50 bits per heavy atom. The van der Waals surface area contributed by atoms with E-state index < -0.39 is 11.8 Å². The number of benzene rings is 2. The summed E-state index contributed by atoms with van der Waals surface area (Å²) in [5.74, 6) is 1.06. The van der Waals surface area contributed by atoms with Gasteiger partial charge >= 0.3 is 0 Å². The number of oxazole rings is 1. The summed E-state index contributed by atoms with van der Waals surface area (Å²) in [6.07, 6.45) is 1.62. The van der Waals surface area contributed by atoms with Crippen LogP contribution in [0.2, 0.25) is 0 Å². The van der Waals surface area contributed by atoms with Crippen LogP contribution >= 0.6 is 0 Å². The third-order valence-electron chi connectivity index (χ3n) is 4.54. The van der Waals surface area contributed by atoms with Crippen molar-refractivity contribution >= 4 is 11.8 Å². The molecule has 0 atom stereocenters. The zero-order valence-corrected chi connectivity index (χ0v) is 16.4. The number of carbonyl (C=O) groups is 2. The van der Waals surface area contributed by atoms with Crippen molar-refractivity contribution in [3.05, 3.63) is 89.5 Å². The lowest BCUT2D eigenvalue weighted by molar-refractivity contribution is 0.0846. The maximum absolute atomic E-state index is 12.7. The molecule has 0 aliphatic heterocycles. The molecule has 0 aliphatic carbocycles. The second-order valence-electron chi connectivity index (χ2n) is 6.68. The largest absolute Gasteiger partial charge is 0.466 e. The Kier molecular flexibility index (Phi) is 5.17. The molecule has 150 valence electrons. The number of hydrazine groups is 1. The molecular formula is C23H19N3O4. The van der Waals surface area contributed by atoms with E-state index in [0.29, 0.717) is 39.9 Å². The van der Waals surface area contributed by atoms with Crippen LogP contribution in [0.5, 0.6) is 0 Å². The fourth-order valence-electron chi connectivity index (χ4n) is 3.11. The van der Waals surface area contributed by atoms with Gasteiger partial charge in [-0.25, -0.2) is 4.98 Å². The van der Waals surface area contributed by atoms with E-state index in [9.17, 15) is 9.59 Å². The number of nitrogens with one attached hydrogen (secondary N) is 2. The van der Waals surface area contributed by atoms with Crippen molar-refractivity contribution in [2.75, 3.05) is 0 Å². The second-order valence-corrected chi connectivity index (χ2v) is 6.68. The first-order chi connectivity index (χ1) is 14.5. The molecule has 4 rings (SSSR count). The molecule has 0 radical (unpaired) electrons. The number of furan rings is 1. The highest BCUT2D eigenvalue weighted by molar-refractivity contribution is 6.02. The highest BCUT2D eigenvalue weighted by atomic mass is 16.4. The summed E-state index contributed by atoms with van der Waals surface area (Å²) >= 11 is 0. The SMILES string of the molecule is Cc1cc(C(=O)NNC(=O)c2ccccc2-c2ncc(-c3ccccc3)o2)c(C)o1. The van der Waals surface area contributed by atoms with Crippen molar-refractivity contribution in [1.29, 1.82) is 0 Å². The van der Waals surface area contributed by atoms with Gasteiger partial charge in [-0.15, -0.1) is 0 Å². The van der Waals surface area contributed by atoms with Crippen molar-refractivity contribution in [2.45, 2.75) is 13.8 Å². The van der Waals surface area contributed by atoms with Gasteiger partial charge in [0.1, 0.15) is 11.5 Å². The van der Waals surface area contributed by atoms with Crippen LogP contribution in [0.4, 0.5) is 0 Å². The lowest BCUT2D eigenvalue weighted by atomic mass is 10.1. The van der Waals surface area contributed by atoms with Crippen LogP contribution in [-0.2, 0) is 0 Å². The first kappa shape index (κ1) is 19.2. The average molecular weight is 401 g/mol. The van der Waals surface area contributed by atoms with Crippen molar-refractivity contribution in [1.82, 2.24) is 15.8 Å². The molecule has 0 aliphatic rings. The zero-order chi connectivity index (χ0) is 21.1. The fourth-order valence-corrected chi connectivity index (χ4v) is 3.11. The number of hydrogen-bond acceptors (Lipinski definition) is 5. The number of hydrogen-bond donors (Lipinski definition) is 2. The molecule has 0 saturated heterocycles. The molecule has 30 heavy (non-hydrogen) atoms. The summed E-state index contributed by atoms with van der Waals surface area (Å²) in [4.78, 5) is 29.4. The molecule has 2 aromatic heterocycles. The van der Waals surface area contributed by atoms with E-state index in [2.05, 4.69) is 15.8 Å². The van der Waals surface area contributed by atoms with E-state index in [1.807, 2.05) is 30.3 Å². The van der Waals surface area contributed by atoms with E-state index >= 15 is 0 Å². The Bertz CT molecular complexity index is 1210. The van der Waals surface area contributed by atoms with E-state index in [1.54, 1.807) is 50.4 Å². The predicted octanol–water partition coefficient (Wildman–Crippen LogP) is 4.29. The Balaban J connectivity index is 1.53. The van der Waals surface area contributed by atoms with E-state index in [1.165, 1.54) is 0 Å². The van der Waals surface area contributed by atoms with Crippen LogP contribution in [-0.4, -0.2) is 16.8 Å². The first-order valence-electron chi connectivity index (χ1n) is 9.31. The van der Waals surface area contributed by atoms with Gasteiger partial charge in [0.25, 0.3) is 11.8 Å². The van der Waals surface area contributed by atoms with Crippen LogP contribution in [0, 0.1) is 13.8 Å². The highest BCUT2D eigenvalue weighted by Crippen LogP contribution is 2.28. The maximum atomic E-state index is 12.7. The Labute approximate surface area is 172 Å². The molecule has 2 aromatic carbocycles. The second kappa shape index (κ2) is 8.08. The number of nitrogens with zero attached hydrogens (tertiary/aromatic N) is 1. The molecule has 4 aromatic rings. The smallest absolute Gasteiger partial charge is 0.273 e. The lowest BCUT2D eigenvalue weighted by Gasteiger charge is -2.09. The van der Waals surface area contributed by atoms with Gasteiger partial charge < -0.3 is 8.83 Å². The van der Waals surface area contributed by atoms with Gasteiger partial charge in [0.05, 0.1) is 17.3 Å². The summed E-state index contributed by atoms with van der Waals surface area (Å²) in [6, 6.07) is 18.1. The Morgan fingerprint density at radius 3 is 2.20 bits per heavy atom. The molecule has 7 heteroatoms. The minimum atomic E-state index is -0.490. The van der Waals surface area contributed by atoms with E-state index in [-0.39, 0.29) is 0 Å². The van der Waals surface area contributed by atoms with Gasteiger partial charge in [0.2, 0.25) is 5.89 Å². The third-order valence-corrected chi connectivity index (χ3v) is 4.54. The van der Waals surface area contributed by atoms with E-state index in [4.69, 9.17) is 8.83 Å². The van der Waals surface area contributed by atoms with Crippen molar-refractivity contribution in [3.8, 4) is 22.8 Å². The molecule has 2 amide bonds. The van der Waals surface area contributed by atoms with Gasteiger partial charge in [-0.2, -0.15) is 0 Å². The Morgan fingerprint density at radius 1 is 0.833 bits per heavy atom. The molecule has 0 saturated carbocycles. The summed E-state index contributed by atoms with van der Waals surface area (Å²) < 4.78 is 11.2. The first-order valence-corrected chi connectivity index (χ1v) is 9.31. The van der Waals surface area contributed by atoms with Crippen LogP contribution < -0.4 is 10.9 Å². The molecule has 0 fully saturated rings. The summed E-state index contributed by atoms with van der Waals surface area (Å²) in [5.41, 5.74) is 6.93. The van der Waals surface area contributed by atoms with Crippen LogP contribution in [0.15, 0.2) is 75.7 Å². The predicted molar refractivity (Wildman–Crippen MR) is 110 cm³/mol. The van der Waals surface area contributed by atoms with Crippen LogP contribution in [0.3, 0.4) is 0 Å². The molecule has 0 unspecified atom stereocenters. The number of aryl methyl sites for hydroxylation is 2. The molecule has 2 heterocycles. The number of carbonyl (C=O) groups excluding carboxylic acids is 2. The van der Waals surface area contributed by atoms with Crippen molar-refractivity contribution in [3.63, 3.8) is 0 Å². The fraction of sp³-hybridized carbons (Fsp3) is 0.0870. The van der Waals surface area contributed by atoms with Gasteiger partial charge in [0, 0.05) is 11.1 Å². The standard InChI is InChI=1S/C23H19N3O4/c1-14-12-19(15(2)29-14)22(28)26-25-21(27)17-10-6-7-11-18(17)23-24-13-20(30-23)16-8-4-3-5-9-16/h3-13H,1-2H3,(H,25,27)(H,26,28). The third kappa shape index (κ3) is 3.86. The monoisotopic (exact) mass is 401 g/mol. The van der Waals surface area contributed by atoms with E-state index in [0.717, 1.165) is 5.56 Å². The molecule has 7 nitrogen and oxygen atoms in total. The topological polar surface area (TPSA) is 97.4 Å². The quantitative estimate of drug-likeness (QED) is 0.497. The molecule has 0 spiro atoms. The number of amides is 2. The maximum Gasteiger partial charge on any atom is 0.273 e. The molecule has 0 bridgehead atoms. The lowest BCUT2D eigenvalue weighted by Crippen LogP contribution is -2.41. The minimum absolute atomic E-state index is 0.312. The van der Waals surface area contributed by atoms with Gasteiger partial charge in [-0.1, -0.05) is 42.5 Å². The zero-order valence-electron chi connectivity index (χ0n) is 16.4. The molecular weight excluding hydrogens is 382 g/mol. The van der Waals surface area contributed by atoms with Crippen molar-refractivity contribution < 1.29 is 18.4 Å². The summed E-state index contributed by atoms with van der Waals surface area (Å²) in [6.45, 7) is 3.44. The number of aromatic nitrogens is 1. The molecule has 2 N–H and O–H groups in total. The van der Waals surface area contributed by atoms with Crippen LogP contribution in [0.1, 0.15) is 32.2 Å². The average Bonchev–Trinajstić information content (AvgIpc) is 3.39. The van der Waals surface area contributed by atoms with Crippen LogP contribution in [0.25, 0.3) is 22.8 Å². The van der Waals surface area contributed by atoms with Gasteiger partial charge in [0.15, 0.2) is 5.76 Å². The normalized spacial score (nSPS) is 10.6. The summed E-state index contributed by atoms with van der Waals surface area (Å²) in [7, 11) is 0. The van der Waals surface area contributed by atoms with Gasteiger partial charge in [-0.05, 0) is 32.0 Å². The number of rotatable bonds is 4.